The summed E-state index contributed by atoms with van der Waals surface area (Å²) in [6.45, 7) is 6.30. The Balaban J connectivity index is 1.41. The molecule has 194 valence electrons. The highest BCUT2D eigenvalue weighted by atomic mass is 32.1. The number of hydrogen-bond donors (Lipinski definition) is 1. The van der Waals surface area contributed by atoms with Crippen LogP contribution in [-0.2, 0) is 0 Å². The summed E-state index contributed by atoms with van der Waals surface area (Å²) >= 11 is 5.94. The first-order valence-electron chi connectivity index (χ1n) is 13.0. The number of benzene rings is 2. The molecule has 0 bridgehead atoms. The van der Waals surface area contributed by atoms with Crippen LogP contribution < -0.4 is 15.0 Å². The van der Waals surface area contributed by atoms with Crippen molar-refractivity contribution in [2.75, 3.05) is 4.90 Å². The number of ether oxygens (including phenoxy) is 1. The number of para-hydroxylation sites is 1. The number of anilines is 1. The number of hydrogen-bond acceptors (Lipinski definition) is 4. The van der Waals surface area contributed by atoms with Gasteiger partial charge >= 0.3 is 0 Å². The Morgan fingerprint density at radius 3 is 2.23 bits per heavy atom. The molecule has 6 nitrogen and oxygen atoms in total. The van der Waals surface area contributed by atoms with E-state index in [1.165, 1.54) is 5.56 Å². The molecule has 0 saturated carbocycles. The second-order valence-electron chi connectivity index (χ2n) is 9.71. The topological polar surface area (TPSA) is 55.2 Å². The van der Waals surface area contributed by atoms with Crippen LogP contribution in [0.3, 0.4) is 0 Å². The van der Waals surface area contributed by atoms with Gasteiger partial charge in [-0.05, 0) is 105 Å². The van der Waals surface area contributed by atoms with Gasteiger partial charge in [-0.3, -0.25) is 4.98 Å². The molecule has 1 aliphatic rings. The molecule has 7 heteroatoms. The van der Waals surface area contributed by atoms with Crippen molar-refractivity contribution in [1.29, 1.82) is 0 Å². The summed E-state index contributed by atoms with van der Waals surface area (Å²) in [6.07, 6.45) is 3.65. The van der Waals surface area contributed by atoms with Crippen molar-refractivity contribution >= 4 is 23.0 Å². The van der Waals surface area contributed by atoms with Gasteiger partial charge in [-0.15, -0.1) is 0 Å². The van der Waals surface area contributed by atoms with E-state index in [-0.39, 0.29) is 12.1 Å². The molecule has 1 saturated heterocycles. The van der Waals surface area contributed by atoms with Crippen LogP contribution >= 0.6 is 12.2 Å². The second-order valence-corrected chi connectivity index (χ2v) is 10.1. The molecular formula is C32H29N5OS. The zero-order valence-electron chi connectivity index (χ0n) is 22.1. The van der Waals surface area contributed by atoms with Gasteiger partial charge in [-0.2, -0.15) is 0 Å². The Kier molecular flexibility index (Phi) is 6.59. The van der Waals surface area contributed by atoms with Crippen molar-refractivity contribution in [1.82, 2.24) is 19.9 Å². The molecule has 1 fully saturated rings. The van der Waals surface area contributed by atoms with Crippen LogP contribution in [0.4, 0.5) is 5.69 Å². The van der Waals surface area contributed by atoms with E-state index in [9.17, 15) is 0 Å². The van der Waals surface area contributed by atoms with E-state index in [1.54, 1.807) is 0 Å². The van der Waals surface area contributed by atoms with Crippen LogP contribution in [0.15, 0.2) is 103 Å². The van der Waals surface area contributed by atoms with E-state index < -0.39 is 0 Å². The number of nitrogens with one attached hydrogen (secondary N) is 1. The first-order valence-corrected chi connectivity index (χ1v) is 13.4. The van der Waals surface area contributed by atoms with E-state index in [4.69, 9.17) is 21.9 Å². The molecule has 4 heterocycles. The number of rotatable bonds is 6. The molecule has 2 aromatic carbocycles. The molecule has 0 radical (unpaired) electrons. The maximum Gasteiger partial charge on any atom is 0.174 e. The summed E-state index contributed by atoms with van der Waals surface area (Å²) in [5.74, 6) is 2.52. The summed E-state index contributed by atoms with van der Waals surface area (Å²) < 4.78 is 8.35. The van der Waals surface area contributed by atoms with Gasteiger partial charge in [0, 0.05) is 29.5 Å². The average molecular weight is 532 g/mol. The van der Waals surface area contributed by atoms with Crippen LogP contribution in [0.25, 0.3) is 5.82 Å². The Hall–Kier alpha value is -4.49. The van der Waals surface area contributed by atoms with Crippen LogP contribution in [0, 0.1) is 20.8 Å². The fourth-order valence-corrected chi connectivity index (χ4v) is 5.69. The molecule has 39 heavy (non-hydrogen) atoms. The minimum absolute atomic E-state index is 0.112. The fourth-order valence-electron chi connectivity index (χ4n) is 5.35. The molecule has 1 aliphatic heterocycles. The standard InChI is InChI=1S/C32H29N5OS/c1-21-10-4-5-12-28(21)38-25-16-14-24(15-17-25)37-31(30(35-32(37)39)27-11-6-8-18-33-27)26-20-22(2)36(23(26)3)29-13-7-9-19-34-29/h4-20,30-31H,1-3H3,(H,35,39)/t30-,31+/m0/s1. The zero-order chi connectivity index (χ0) is 26.9. The Morgan fingerprint density at radius 1 is 0.821 bits per heavy atom. The number of nitrogens with zero attached hydrogens (tertiary/aromatic N) is 4. The van der Waals surface area contributed by atoms with Gasteiger partial charge in [-0.1, -0.05) is 30.3 Å². The lowest BCUT2D eigenvalue weighted by atomic mass is 9.96. The van der Waals surface area contributed by atoms with Crippen molar-refractivity contribution < 1.29 is 4.74 Å². The van der Waals surface area contributed by atoms with Gasteiger partial charge < -0.3 is 19.5 Å². The molecule has 2 atom stereocenters. The van der Waals surface area contributed by atoms with Crippen molar-refractivity contribution in [2.24, 2.45) is 0 Å². The molecule has 1 N–H and O–H groups in total. The third-order valence-electron chi connectivity index (χ3n) is 7.20. The van der Waals surface area contributed by atoms with E-state index in [0.29, 0.717) is 5.11 Å². The number of aromatic nitrogens is 3. The maximum absolute atomic E-state index is 6.16. The van der Waals surface area contributed by atoms with E-state index >= 15 is 0 Å². The molecule has 0 aliphatic carbocycles. The van der Waals surface area contributed by atoms with E-state index in [2.05, 4.69) is 51.8 Å². The summed E-state index contributed by atoms with van der Waals surface area (Å²) in [6, 6.07) is 30.1. The quantitative estimate of drug-likeness (QED) is 0.235. The highest BCUT2D eigenvalue weighted by Crippen LogP contribution is 2.44. The Morgan fingerprint density at radius 2 is 1.54 bits per heavy atom. The van der Waals surface area contributed by atoms with Gasteiger partial charge in [0.2, 0.25) is 0 Å². The second kappa shape index (κ2) is 10.3. The van der Waals surface area contributed by atoms with E-state index in [0.717, 1.165) is 45.6 Å². The summed E-state index contributed by atoms with van der Waals surface area (Å²) in [4.78, 5) is 11.5. The van der Waals surface area contributed by atoms with Crippen LogP contribution in [0.2, 0.25) is 0 Å². The van der Waals surface area contributed by atoms with Crippen molar-refractivity contribution in [3.8, 4) is 17.3 Å². The van der Waals surface area contributed by atoms with Gasteiger partial charge in [0.1, 0.15) is 17.3 Å². The van der Waals surface area contributed by atoms with Crippen molar-refractivity contribution in [3.05, 3.63) is 132 Å². The van der Waals surface area contributed by atoms with Gasteiger partial charge in [-0.25, -0.2) is 4.98 Å². The predicted octanol–water partition coefficient (Wildman–Crippen LogP) is 7.16. The third-order valence-corrected chi connectivity index (χ3v) is 7.52. The molecular weight excluding hydrogens is 502 g/mol. The smallest absolute Gasteiger partial charge is 0.174 e. The van der Waals surface area contributed by atoms with Crippen molar-refractivity contribution in [2.45, 2.75) is 32.9 Å². The zero-order valence-corrected chi connectivity index (χ0v) is 22.9. The van der Waals surface area contributed by atoms with E-state index in [1.807, 2.05) is 92.1 Å². The molecule has 6 rings (SSSR count). The number of thiocarbonyl (C=S) groups is 1. The molecule has 3 aromatic heterocycles. The minimum atomic E-state index is -0.126. The lowest BCUT2D eigenvalue weighted by Gasteiger charge is -2.28. The summed E-state index contributed by atoms with van der Waals surface area (Å²) in [5, 5.41) is 4.22. The van der Waals surface area contributed by atoms with Gasteiger partial charge in [0.25, 0.3) is 0 Å². The van der Waals surface area contributed by atoms with Crippen LogP contribution in [0.1, 0.15) is 40.3 Å². The SMILES string of the molecule is Cc1ccccc1Oc1ccc(N2C(=S)N[C@@H](c3ccccn3)[C@H]2c2cc(C)n(-c3ccccn3)c2C)cc1. The first kappa shape index (κ1) is 24.8. The molecule has 0 spiro atoms. The van der Waals surface area contributed by atoms with Crippen molar-refractivity contribution in [3.63, 3.8) is 0 Å². The van der Waals surface area contributed by atoms with Gasteiger partial charge in [0.05, 0.1) is 17.8 Å². The Labute approximate surface area is 233 Å². The molecule has 5 aromatic rings. The molecule has 0 unspecified atom stereocenters. The maximum atomic E-state index is 6.16. The summed E-state index contributed by atoms with van der Waals surface area (Å²) in [5.41, 5.74) is 6.41. The fraction of sp³-hybridized carbons (Fsp3) is 0.156. The average Bonchev–Trinajstić information content (AvgIpc) is 3.46. The lowest BCUT2D eigenvalue weighted by Crippen LogP contribution is -2.29. The first-order chi connectivity index (χ1) is 19.0. The number of pyridine rings is 2. The number of aryl methyl sites for hydroxylation is 2. The third kappa shape index (κ3) is 4.66. The molecule has 0 amide bonds. The highest BCUT2D eigenvalue weighted by Gasteiger charge is 2.42. The summed E-state index contributed by atoms with van der Waals surface area (Å²) in [7, 11) is 0. The van der Waals surface area contributed by atoms with Crippen LogP contribution in [-0.4, -0.2) is 19.6 Å². The lowest BCUT2D eigenvalue weighted by molar-refractivity contribution is 0.479. The monoisotopic (exact) mass is 531 g/mol. The predicted molar refractivity (Wildman–Crippen MR) is 159 cm³/mol. The van der Waals surface area contributed by atoms with Crippen LogP contribution in [0.5, 0.6) is 11.5 Å². The normalized spacial score (nSPS) is 16.8. The van der Waals surface area contributed by atoms with Gasteiger partial charge in [0.15, 0.2) is 5.11 Å². The minimum Gasteiger partial charge on any atom is -0.457 e. The Bertz CT molecular complexity index is 1620. The highest BCUT2D eigenvalue weighted by molar-refractivity contribution is 7.80. The largest absolute Gasteiger partial charge is 0.457 e.